The predicted molar refractivity (Wildman–Crippen MR) is 106 cm³/mol. The van der Waals surface area contributed by atoms with Crippen LogP contribution in [-0.2, 0) is 13.5 Å². The summed E-state index contributed by atoms with van der Waals surface area (Å²) in [5.74, 6) is 1.94. The molecule has 0 bridgehead atoms. The number of hydrogen-bond acceptors (Lipinski definition) is 7. The molecule has 0 aliphatic carbocycles. The first kappa shape index (κ1) is 17.8. The maximum Gasteiger partial charge on any atom is 0.251 e. The van der Waals surface area contributed by atoms with Crippen LogP contribution in [0.25, 0.3) is 22.4 Å². The van der Waals surface area contributed by atoms with Gasteiger partial charge in [0.2, 0.25) is 0 Å². The van der Waals surface area contributed by atoms with Gasteiger partial charge < -0.3 is 10.3 Å². The maximum absolute atomic E-state index is 11.6. The van der Waals surface area contributed by atoms with Crippen molar-refractivity contribution in [3.05, 3.63) is 58.2 Å². The van der Waals surface area contributed by atoms with Crippen molar-refractivity contribution in [1.82, 2.24) is 34.7 Å². The molecule has 0 saturated carbocycles. The van der Waals surface area contributed by atoms with Crippen LogP contribution in [-0.4, -0.2) is 41.2 Å². The first-order valence-corrected chi connectivity index (χ1v) is 8.94. The Morgan fingerprint density at radius 1 is 1.14 bits per heavy atom. The van der Waals surface area contributed by atoms with Crippen LogP contribution in [0.5, 0.6) is 0 Å². The number of hydrogen-bond donors (Lipinski definition) is 2. The van der Waals surface area contributed by atoms with Crippen molar-refractivity contribution >= 4 is 16.9 Å². The van der Waals surface area contributed by atoms with E-state index >= 15 is 0 Å². The molecule has 0 aliphatic rings. The molecular weight excluding hydrogens is 356 g/mol. The van der Waals surface area contributed by atoms with Crippen LogP contribution in [0.2, 0.25) is 0 Å². The van der Waals surface area contributed by atoms with Gasteiger partial charge in [-0.25, -0.2) is 15.0 Å². The van der Waals surface area contributed by atoms with Gasteiger partial charge in [-0.3, -0.25) is 14.5 Å². The van der Waals surface area contributed by atoms with Crippen molar-refractivity contribution in [3.8, 4) is 11.4 Å². The first-order valence-electron chi connectivity index (χ1n) is 8.94. The average molecular weight is 376 g/mol. The molecule has 0 atom stereocenters. The van der Waals surface area contributed by atoms with Crippen LogP contribution < -0.4 is 10.9 Å². The zero-order valence-electron chi connectivity index (χ0n) is 15.9. The number of aromatic nitrogens is 7. The van der Waals surface area contributed by atoms with Crippen LogP contribution in [0.3, 0.4) is 0 Å². The summed E-state index contributed by atoms with van der Waals surface area (Å²) in [5, 5.41) is 8.71. The van der Waals surface area contributed by atoms with Gasteiger partial charge in [0, 0.05) is 49.7 Å². The van der Waals surface area contributed by atoms with E-state index in [4.69, 9.17) is 4.98 Å². The molecular formula is C19H20N8O. The Labute approximate surface area is 160 Å². The van der Waals surface area contributed by atoms with Crippen molar-refractivity contribution in [2.24, 2.45) is 7.05 Å². The Bertz CT molecular complexity index is 1200. The Morgan fingerprint density at radius 2 is 1.93 bits per heavy atom. The zero-order chi connectivity index (χ0) is 19.7. The van der Waals surface area contributed by atoms with Gasteiger partial charge in [0.25, 0.3) is 5.56 Å². The molecule has 4 heterocycles. The number of aryl methyl sites for hydroxylation is 3. The molecule has 142 valence electrons. The topological polar surface area (TPSA) is 114 Å². The standard InChI is InChI=1S/C19H20N8O/c1-11-10-15(28)23-14(22-11)6-9-21-18-16-12(2)26-27(3)19(16)25-17(24-18)13-4-7-20-8-5-13/h4-5,7-8,10H,6,9H2,1-3H3,(H,21,24,25)(H,22,23,28). The molecule has 0 fully saturated rings. The van der Waals surface area contributed by atoms with E-state index in [9.17, 15) is 4.79 Å². The lowest BCUT2D eigenvalue weighted by Crippen LogP contribution is -2.15. The van der Waals surface area contributed by atoms with E-state index in [0.717, 1.165) is 22.3 Å². The van der Waals surface area contributed by atoms with E-state index < -0.39 is 0 Å². The molecule has 0 saturated heterocycles. The third-order valence-corrected chi connectivity index (χ3v) is 4.37. The number of rotatable bonds is 5. The van der Waals surface area contributed by atoms with Crippen molar-refractivity contribution in [2.45, 2.75) is 20.3 Å². The summed E-state index contributed by atoms with van der Waals surface area (Å²) in [6, 6.07) is 5.22. The molecule has 0 radical (unpaired) electrons. The second kappa shape index (κ2) is 7.18. The van der Waals surface area contributed by atoms with E-state index in [1.807, 2.05) is 26.1 Å². The van der Waals surface area contributed by atoms with Crippen LogP contribution in [0.15, 0.2) is 35.4 Å². The molecule has 4 rings (SSSR count). The largest absolute Gasteiger partial charge is 0.369 e. The molecule has 2 N–H and O–H groups in total. The Hall–Kier alpha value is -3.62. The smallest absolute Gasteiger partial charge is 0.251 e. The van der Waals surface area contributed by atoms with Crippen LogP contribution in [0, 0.1) is 13.8 Å². The van der Waals surface area contributed by atoms with Gasteiger partial charge in [0.05, 0.1) is 11.1 Å². The molecule has 9 heteroatoms. The van der Waals surface area contributed by atoms with E-state index in [0.29, 0.717) is 36.1 Å². The number of anilines is 1. The van der Waals surface area contributed by atoms with Crippen molar-refractivity contribution in [2.75, 3.05) is 11.9 Å². The molecule has 28 heavy (non-hydrogen) atoms. The molecule has 9 nitrogen and oxygen atoms in total. The van der Waals surface area contributed by atoms with Gasteiger partial charge in [-0.15, -0.1) is 0 Å². The molecule has 0 aliphatic heterocycles. The SMILES string of the molecule is Cc1cc(=O)[nH]c(CCNc2nc(-c3ccncc3)nc3c2c(C)nn3C)n1. The minimum atomic E-state index is -0.144. The highest BCUT2D eigenvalue weighted by Crippen LogP contribution is 2.26. The number of H-pyrrole nitrogens is 1. The summed E-state index contributed by atoms with van der Waals surface area (Å²) in [6.45, 7) is 4.30. The molecule has 4 aromatic rings. The van der Waals surface area contributed by atoms with E-state index in [2.05, 4.69) is 30.4 Å². The number of aromatic amines is 1. The first-order chi connectivity index (χ1) is 13.5. The highest BCUT2D eigenvalue weighted by atomic mass is 16.1. The Balaban J connectivity index is 1.68. The molecule has 0 unspecified atom stereocenters. The van der Waals surface area contributed by atoms with Crippen molar-refractivity contribution < 1.29 is 0 Å². The molecule has 0 aromatic carbocycles. The summed E-state index contributed by atoms with van der Waals surface area (Å²) < 4.78 is 1.75. The summed E-state index contributed by atoms with van der Waals surface area (Å²) >= 11 is 0. The van der Waals surface area contributed by atoms with Crippen LogP contribution in [0.1, 0.15) is 17.2 Å². The summed E-state index contributed by atoms with van der Waals surface area (Å²) in [5.41, 5.74) is 3.04. The fourth-order valence-corrected chi connectivity index (χ4v) is 3.16. The summed E-state index contributed by atoms with van der Waals surface area (Å²) in [7, 11) is 1.86. The van der Waals surface area contributed by atoms with Crippen LogP contribution >= 0.6 is 0 Å². The number of nitrogens with zero attached hydrogens (tertiary/aromatic N) is 6. The number of nitrogens with one attached hydrogen (secondary N) is 2. The van der Waals surface area contributed by atoms with Gasteiger partial charge >= 0.3 is 0 Å². The monoisotopic (exact) mass is 376 g/mol. The van der Waals surface area contributed by atoms with Gasteiger partial charge in [0.15, 0.2) is 11.5 Å². The van der Waals surface area contributed by atoms with Gasteiger partial charge in [-0.2, -0.15) is 5.10 Å². The lowest BCUT2D eigenvalue weighted by Gasteiger charge is -2.10. The number of pyridine rings is 1. The van der Waals surface area contributed by atoms with Crippen molar-refractivity contribution in [3.63, 3.8) is 0 Å². The van der Waals surface area contributed by atoms with E-state index in [-0.39, 0.29) is 5.56 Å². The zero-order valence-corrected chi connectivity index (χ0v) is 15.9. The maximum atomic E-state index is 11.6. The van der Waals surface area contributed by atoms with Gasteiger partial charge in [-0.1, -0.05) is 0 Å². The van der Waals surface area contributed by atoms with Gasteiger partial charge in [-0.05, 0) is 26.0 Å². The highest BCUT2D eigenvalue weighted by Gasteiger charge is 2.16. The third-order valence-electron chi connectivity index (χ3n) is 4.37. The van der Waals surface area contributed by atoms with E-state index in [1.165, 1.54) is 6.07 Å². The summed E-state index contributed by atoms with van der Waals surface area (Å²) in [4.78, 5) is 32.2. The normalized spacial score (nSPS) is 11.1. The highest BCUT2D eigenvalue weighted by molar-refractivity contribution is 5.90. The molecule has 4 aromatic heterocycles. The Kier molecular flexibility index (Phi) is 4.56. The minimum Gasteiger partial charge on any atom is -0.369 e. The molecule has 0 amide bonds. The van der Waals surface area contributed by atoms with E-state index in [1.54, 1.807) is 24.0 Å². The number of fused-ring (bicyclic) bond motifs is 1. The second-order valence-corrected chi connectivity index (χ2v) is 6.55. The predicted octanol–water partition coefficient (Wildman–Crippen LogP) is 1.78. The van der Waals surface area contributed by atoms with Gasteiger partial charge in [0.1, 0.15) is 11.6 Å². The lowest BCUT2D eigenvalue weighted by molar-refractivity contribution is 0.773. The van der Waals surface area contributed by atoms with Crippen molar-refractivity contribution in [1.29, 1.82) is 0 Å². The Morgan fingerprint density at radius 3 is 2.68 bits per heavy atom. The summed E-state index contributed by atoms with van der Waals surface area (Å²) in [6.07, 6.45) is 3.99. The fourth-order valence-electron chi connectivity index (χ4n) is 3.16. The average Bonchev–Trinajstić information content (AvgIpc) is 2.96. The third kappa shape index (κ3) is 3.46. The second-order valence-electron chi connectivity index (χ2n) is 6.55. The quantitative estimate of drug-likeness (QED) is 0.545. The minimum absolute atomic E-state index is 0.144. The van der Waals surface area contributed by atoms with Crippen LogP contribution in [0.4, 0.5) is 5.82 Å². The fraction of sp³-hybridized carbons (Fsp3) is 0.263. The molecule has 0 spiro atoms. The lowest BCUT2D eigenvalue weighted by atomic mass is 10.2.